The number of aromatic nitrogens is 2. The summed E-state index contributed by atoms with van der Waals surface area (Å²) in [6, 6.07) is 6.71. The number of aryl methyl sites for hydroxylation is 3. The highest BCUT2D eigenvalue weighted by molar-refractivity contribution is 5.42. The van der Waals surface area contributed by atoms with Gasteiger partial charge in [-0.25, -0.2) is 4.98 Å². The average Bonchev–Trinajstić information content (AvgIpc) is 2.84. The van der Waals surface area contributed by atoms with Crippen LogP contribution in [0.5, 0.6) is 0 Å². The number of unbranched alkanes of at least 4 members (excludes halogenated alkanes) is 1. The first-order valence-electron chi connectivity index (χ1n) is 6.47. The lowest BCUT2D eigenvalue weighted by Crippen LogP contribution is -1.90. The Bertz CT molecular complexity index is 510. The Morgan fingerprint density at radius 2 is 2.17 bits per heavy atom. The fraction of sp³-hybridized carbons (Fsp3) is 0.312. The van der Waals surface area contributed by atoms with Crippen molar-refractivity contribution in [2.45, 2.75) is 33.1 Å². The summed E-state index contributed by atoms with van der Waals surface area (Å²) >= 11 is 0. The van der Waals surface area contributed by atoms with Crippen molar-refractivity contribution in [2.24, 2.45) is 0 Å². The first-order valence-corrected chi connectivity index (χ1v) is 6.47. The number of H-pyrrole nitrogens is 1. The molecule has 2 rings (SSSR count). The van der Waals surface area contributed by atoms with Crippen LogP contribution in [0.2, 0.25) is 0 Å². The molecule has 0 saturated carbocycles. The zero-order chi connectivity index (χ0) is 12.8. The molecule has 2 heteroatoms. The Labute approximate surface area is 109 Å². The van der Waals surface area contributed by atoms with E-state index >= 15 is 0 Å². The lowest BCUT2D eigenvalue weighted by molar-refractivity contribution is 0.839. The van der Waals surface area contributed by atoms with Crippen LogP contribution in [0.3, 0.4) is 0 Å². The van der Waals surface area contributed by atoms with Crippen molar-refractivity contribution in [1.29, 1.82) is 0 Å². The maximum atomic E-state index is 3.98. The van der Waals surface area contributed by atoms with E-state index in [1.807, 2.05) is 6.20 Å². The van der Waals surface area contributed by atoms with E-state index in [1.165, 1.54) is 23.1 Å². The first kappa shape index (κ1) is 12.6. The van der Waals surface area contributed by atoms with Gasteiger partial charge in [0.25, 0.3) is 0 Å². The molecule has 94 valence electrons. The Balaban J connectivity index is 1.78. The van der Waals surface area contributed by atoms with E-state index in [2.05, 4.69) is 54.2 Å². The number of hydrogen-bond donors (Lipinski definition) is 1. The third kappa shape index (κ3) is 3.59. The summed E-state index contributed by atoms with van der Waals surface area (Å²) in [5, 5.41) is 0. The predicted octanol–water partition coefficient (Wildman–Crippen LogP) is 4.06. The minimum atomic E-state index is 1.07. The summed E-state index contributed by atoms with van der Waals surface area (Å²) in [6.07, 6.45) is 11.3. The largest absolute Gasteiger partial charge is 0.345 e. The third-order valence-electron chi connectivity index (χ3n) is 3.13. The summed E-state index contributed by atoms with van der Waals surface area (Å²) in [5.74, 6) is 0. The van der Waals surface area contributed by atoms with E-state index in [0.717, 1.165) is 18.5 Å². The van der Waals surface area contributed by atoms with Crippen molar-refractivity contribution >= 4 is 6.08 Å². The van der Waals surface area contributed by atoms with Gasteiger partial charge in [0, 0.05) is 0 Å². The van der Waals surface area contributed by atoms with Gasteiger partial charge in [-0.05, 0) is 50.3 Å². The van der Waals surface area contributed by atoms with E-state index in [9.17, 15) is 0 Å². The van der Waals surface area contributed by atoms with Gasteiger partial charge in [-0.1, -0.05) is 29.8 Å². The van der Waals surface area contributed by atoms with E-state index in [1.54, 1.807) is 6.33 Å². The Hall–Kier alpha value is -1.83. The average molecular weight is 240 g/mol. The molecule has 0 radical (unpaired) electrons. The molecule has 1 N–H and O–H groups in total. The molecule has 0 aliphatic heterocycles. The Kier molecular flexibility index (Phi) is 4.35. The van der Waals surface area contributed by atoms with Crippen LogP contribution in [0, 0.1) is 13.8 Å². The van der Waals surface area contributed by atoms with Crippen molar-refractivity contribution in [1.82, 2.24) is 9.97 Å². The molecule has 2 aromatic rings. The minimum Gasteiger partial charge on any atom is -0.345 e. The second-order valence-corrected chi connectivity index (χ2v) is 4.73. The summed E-state index contributed by atoms with van der Waals surface area (Å²) in [5.41, 5.74) is 5.29. The van der Waals surface area contributed by atoms with Crippen LogP contribution in [-0.2, 0) is 6.42 Å². The second-order valence-electron chi connectivity index (χ2n) is 4.73. The predicted molar refractivity (Wildman–Crippen MR) is 76.5 cm³/mol. The van der Waals surface area contributed by atoms with Gasteiger partial charge < -0.3 is 4.98 Å². The molecule has 0 unspecified atom stereocenters. The topological polar surface area (TPSA) is 28.7 Å². The number of benzene rings is 1. The molecule has 0 aliphatic carbocycles. The number of imidazole rings is 1. The maximum Gasteiger partial charge on any atom is 0.0924 e. The molecule has 2 nitrogen and oxygen atoms in total. The molecular formula is C16H20N2. The molecule has 0 amide bonds. The van der Waals surface area contributed by atoms with Crippen LogP contribution < -0.4 is 0 Å². The van der Waals surface area contributed by atoms with Gasteiger partial charge in [0.05, 0.1) is 18.2 Å². The number of nitrogens with one attached hydrogen (secondary N) is 1. The number of allylic oxidation sites excluding steroid dienone is 1. The van der Waals surface area contributed by atoms with Gasteiger partial charge in [-0.15, -0.1) is 0 Å². The van der Waals surface area contributed by atoms with E-state index < -0.39 is 0 Å². The zero-order valence-corrected chi connectivity index (χ0v) is 11.1. The quantitative estimate of drug-likeness (QED) is 0.784. The van der Waals surface area contributed by atoms with E-state index in [-0.39, 0.29) is 0 Å². The minimum absolute atomic E-state index is 1.07. The number of rotatable bonds is 5. The van der Waals surface area contributed by atoms with Gasteiger partial charge in [-0.2, -0.15) is 0 Å². The highest BCUT2D eigenvalue weighted by atomic mass is 14.8. The van der Waals surface area contributed by atoms with Gasteiger partial charge in [0.2, 0.25) is 0 Å². The van der Waals surface area contributed by atoms with Crippen molar-refractivity contribution in [3.05, 3.63) is 59.2 Å². The molecule has 1 heterocycles. The third-order valence-corrected chi connectivity index (χ3v) is 3.13. The number of hydrogen-bond acceptors (Lipinski definition) is 1. The van der Waals surface area contributed by atoms with E-state index in [0.29, 0.717) is 0 Å². The van der Waals surface area contributed by atoms with Crippen LogP contribution in [0.4, 0.5) is 0 Å². The van der Waals surface area contributed by atoms with Gasteiger partial charge in [0.15, 0.2) is 0 Å². The molecule has 0 spiro atoms. The van der Waals surface area contributed by atoms with Crippen LogP contribution in [0.25, 0.3) is 6.08 Å². The molecule has 0 aliphatic rings. The highest BCUT2D eigenvalue weighted by Gasteiger charge is 1.97. The fourth-order valence-corrected chi connectivity index (χ4v) is 2.10. The SMILES string of the molecule is Cc1ccc(CCC/C=C/c2cnc[nH]2)c(C)c1. The normalized spacial score (nSPS) is 11.2. The molecular weight excluding hydrogens is 220 g/mol. The lowest BCUT2D eigenvalue weighted by Gasteiger charge is -2.05. The monoisotopic (exact) mass is 240 g/mol. The maximum absolute atomic E-state index is 3.98. The Morgan fingerprint density at radius 1 is 1.28 bits per heavy atom. The molecule has 1 aromatic heterocycles. The van der Waals surface area contributed by atoms with Crippen LogP contribution in [0.1, 0.15) is 35.2 Å². The van der Waals surface area contributed by atoms with Crippen molar-refractivity contribution < 1.29 is 0 Å². The van der Waals surface area contributed by atoms with Gasteiger partial charge in [0.1, 0.15) is 0 Å². The number of aromatic amines is 1. The highest BCUT2D eigenvalue weighted by Crippen LogP contribution is 2.13. The van der Waals surface area contributed by atoms with Crippen LogP contribution >= 0.6 is 0 Å². The van der Waals surface area contributed by atoms with Crippen molar-refractivity contribution in [2.75, 3.05) is 0 Å². The van der Waals surface area contributed by atoms with Gasteiger partial charge in [-0.3, -0.25) is 0 Å². The van der Waals surface area contributed by atoms with Crippen LogP contribution in [0.15, 0.2) is 36.8 Å². The summed E-state index contributed by atoms with van der Waals surface area (Å²) in [4.78, 5) is 7.04. The smallest absolute Gasteiger partial charge is 0.0924 e. The second kappa shape index (κ2) is 6.20. The summed E-state index contributed by atoms with van der Waals surface area (Å²) in [6.45, 7) is 4.34. The molecule has 0 bridgehead atoms. The number of nitrogens with zero attached hydrogens (tertiary/aromatic N) is 1. The van der Waals surface area contributed by atoms with Crippen LogP contribution in [-0.4, -0.2) is 9.97 Å². The first-order chi connectivity index (χ1) is 8.75. The van der Waals surface area contributed by atoms with E-state index in [4.69, 9.17) is 0 Å². The van der Waals surface area contributed by atoms with Crippen molar-refractivity contribution in [3.63, 3.8) is 0 Å². The van der Waals surface area contributed by atoms with Crippen molar-refractivity contribution in [3.8, 4) is 0 Å². The Morgan fingerprint density at radius 3 is 2.89 bits per heavy atom. The molecule has 0 saturated heterocycles. The summed E-state index contributed by atoms with van der Waals surface area (Å²) in [7, 11) is 0. The fourth-order valence-electron chi connectivity index (χ4n) is 2.10. The molecule has 18 heavy (non-hydrogen) atoms. The summed E-state index contributed by atoms with van der Waals surface area (Å²) < 4.78 is 0. The van der Waals surface area contributed by atoms with Gasteiger partial charge >= 0.3 is 0 Å². The lowest BCUT2D eigenvalue weighted by atomic mass is 10.0. The zero-order valence-electron chi connectivity index (χ0n) is 11.1. The standard InChI is InChI=1S/C16H20N2/c1-13-8-9-15(14(2)10-13)6-4-3-5-7-16-11-17-12-18-16/h5,7-12H,3-4,6H2,1-2H3,(H,17,18)/b7-5+. The molecule has 1 aromatic carbocycles. The molecule has 0 fully saturated rings. The molecule has 0 atom stereocenters.